The smallest absolute Gasteiger partial charge is 0.293 e. The molecular weight excluding hydrogens is 239 g/mol. The van der Waals surface area contributed by atoms with Crippen LogP contribution < -0.4 is 10.7 Å². The fourth-order valence-corrected chi connectivity index (χ4v) is 1.93. The van der Waals surface area contributed by atoms with Crippen molar-refractivity contribution in [2.45, 2.75) is 6.04 Å². The van der Waals surface area contributed by atoms with E-state index in [0.717, 1.165) is 0 Å². The summed E-state index contributed by atoms with van der Waals surface area (Å²) < 4.78 is 12.6. The molecular formula is C11H15FN4O2. The van der Waals surface area contributed by atoms with Gasteiger partial charge in [0.15, 0.2) is 0 Å². The Morgan fingerprint density at radius 1 is 1.56 bits per heavy atom. The van der Waals surface area contributed by atoms with Gasteiger partial charge < -0.3 is 10.7 Å². The number of para-hydroxylation sites is 2. The van der Waals surface area contributed by atoms with E-state index in [9.17, 15) is 14.5 Å². The minimum Gasteiger partial charge on any atom is -0.313 e. The zero-order valence-corrected chi connectivity index (χ0v) is 9.80. The van der Waals surface area contributed by atoms with Gasteiger partial charge in [0.1, 0.15) is 12.4 Å². The molecule has 2 rings (SSSR count). The van der Waals surface area contributed by atoms with Crippen LogP contribution in [0.5, 0.6) is 0 Å². The number of nitrogens with one attached hydrogen (secondary N) is 2. The molecule has 1 fully saturated rings. The topological polar surface area (TPSA) is 70.4 Å². The maximum Gasteiger partial charge on any atom is 0.293 e. The van der Waals surface area contributed by atoms with Gasteiger partial charge in [0.05, 0.1) is 11.0 Å². The molecule has 0 aromatic heterocycles. The van der Waals surface area contributed by atoms with Gasteiger partial charge >= 0.3 is 0 Å². The molecule has 2 N–H and O–H groups in total. The first-order valence-corrected chi connectivity index (χ1v) is 5.75. The van der Waals surface area contributed by atoms with Crippen molar-refractivity contribution in [1.29, 1.82) is 0 Å². The summed E-state index contributed by atoms with van der Waals surface area (Å²) in [6.45, 7) is 1.35. The van der Waals surface area contributed by atoms with Crippen LogP contribution in [0, 0.1) is 10.1 Å². The number of halogens is 1. The largest absolute Gasteiger partial charge is 0.313 e. The average Bonchev–Trinajstić information content (AvgIpc) is 2.39. The fraction of sp³-hybridized carbons (Fsp3) is 0.455. The first-order chi connectivity index (χ1) is 8.70. The van der Waals surface area contributed by atoms with Crippen molar-refractivity contribution in [2.75, 3.05) is 31.7 Å². The third kappa shape index (κ3) is 2.93. The van der Waals surface area contributed by atoms with E-state index in [2.05, 4.69) is 10.7 Å². The van der Waals surface area contributed by atoms with Crippen LogP contribution in [-0.2, 0) is 0 Å². The van der Waals surface area contributed by atoms with E-state index in [1.54, 1.807) is 23.2 Å². The summed E-state index contributed by atoms with van der Waals surface area (Å²) in [5.74, 6) is 0. The zero-order valence-electron chi connectivity index (χ0n) is 9.80. The third-order valence-corrected chi connectivity index (χ3v) is 2.82. The number of nitro groups is 1. The van der Waals surface area contributed by atoms with Crippen LogP contribution in [0.2, 0.25) is 0 Å². The predicted molar refractivity (Wildman–Crippen MR) is 66.1 cm³/mol. The first-order valence-electron chi connectivity index (χ1n) is 5.75. The Bertz CT molecular complexity index is 429. The van der Waals surface area contributed by atoms with Crippen molar-refractivity contribution in [2.24, 2.45) is 0 Å². The van der Waals surface area contributed by atoms with Crippen molar-refractivity contribution < 1.29 is 9.31 Å². The number of alkyl halides is 1. The SMILES string of the molecule is O=[N+]([O-])c1ccccc1NN1CCNC(CF)C1. The first kappa shape index (κ1) is 12.7. The van der Waals surface area contributed by atoms with Crippen molar-refractivity contribution in [3.8, 4) is 0 Å². The van der Waals surface area contributed by atoms with Crippen LogP contribution >= 0.6 is 0 Å². The molecule has 1 heterocycles. The minimum atomic E-state index is -0.449. The monoisotopic (exact) mass is 254 g/mol. The van der Waals surface area contributed by atoms with Crippen LogP contribution in [0.4, 0.5) is 15.8 Å². The predicted octanol–water partition coefficient (Wildman–Crippen LogP) is 1.16. The number of hydrogen-bond donors (Lipinski definition) is 2. The van der Waals surface area contributed by atoms with Crippen LogP contribution in [0.1, 0.15) is 0 Å². The lowest BCUT2D eigenvalue weighted by Crippen LogP contribution is -2.53. The summed E-state index contributed by atoms with van der Waals surface area (Å²) in [7, 11) is 0. The molecule has 0 spiro atoms. The Hall–Kier alpha value is -1.73. The highest BCUT2D eigenvalue weighted by molar-refractivity contribution is 5.60. The van der Waals surface area contributed by atoms with Crippen LogP contribution in [-0.4, -0.2) is 42.3 Å². The van der Waals surface area contributed by atoms with Gasteiger partial charge in [-0.1, -0.05) is 12.1 Å². The standard InChI is InChI=1S/C11H15FN4O2/c12-7-9-8-15(6-5-13-9)14-10-3-1-2-4-11(10)16(17)18/h1-4,9,13-14H,5-8H2. The second kappa shape index (κ2) is 5.74. The Morgan fingerprint density at radius 3 is 3.06 bits per heavy atom. The molecule has 1 aliphatic rings. The van der Waals surface area contributed by atoms with Gasteiger partial charge in [-0.2, -0.15) is 0 Å². The zero-order chi connectivity index (χ0) is 13.0. The Balaban J connectivity index is 2.07. The van der Waals surface area contributed by atoms with Gasteiger partial charge in [-0.3, -0.25) is 10.1 Å². The lowest BCUT2D eigenvalue weighted by molar-refractivity contribution is -0.384. The molecule has 6 nitrogen and oxygen atoms in total. The Kier molecular flexibility index (Phi) is 4.06. The highest BCUT2D eigenvalue weighted by atomic mass is 19.1. The maximum absolute atomic E-state index is 12.6. The molecule has 0 amide bonds. The number of piperazine rings is 1. The third-order valence-electron chi connectivity index (χ3n) is 2.82. The van der Waals surface area contributed by atoms with Crippen molar-refractivity contribution in [1.82, 2.24) is 10.3 Å². The van der Waals surface area contributed by atoms with E-state index in [1.165, 1.54) is 6.07 Å². The maximum atomic E-state index is 12.6. The average molecular weight is 254 g/mol. The number of anilines is 1. The number of hydrogen-bond acceptors (Lipinski definition) is 5. The number of hydrazine groups is 1. The summed E-state index contributed by atoms with van der Waals surface area (Å²) in [5.41, 5.74) is 3.43. The molecule has 1 aromatic carbocycles. The van der Waals surface area contributed by atoms with E-state index in [4.69, 9.17) is 0 Å². The number of nitro benzene ring substituents is 1. The van der Waals surface area contributed by atoms with E-state index in [-0.39, 0.29) is 11.7 Å². The van der Waals surface area contributed by atoms with E-state index < -0.39 is 11.6 Å². The number of benzene rings is 1. The highest BCUT2D eigenvalue weighted by Crippen LogP contribution is 2.23. The summed E-state index contributed by atoms with van der Waals surface area (Å²) in [5, 5.41) is 15.7. The summed E-state index contributed by atoms with van der Waals surface area (Å²) in [4.78, 5) is 10.4. The number of rotatable bonds is 4. The molecule has 0 saturated carbocycles. The fourth-order valence-electron chi connectivity index (χ4n) is 1.93. The van der Waals surface area contributed by atoms with E-state index in [0.29, 0.717) is 25.3 Å². The van der Waals surface area contributed by atoms with Crippen LogP contribution in [0.3, 0.4) is 0 Å². The van der Waals surface area contributed by atoms with Gasteiger partial charge in [0.2, 0.25) is 0 Å². The normalized spacial score (nSPS) is 20.6. The van der Waals surface area contributed by atoms with Crippen molar-refractivity contribution >= 4 is 11.4 Å². The quantitative estimate of drug-likeness (QED) is 0.623. The Morgan fingerprint density at radius 2 is 2.33 bits per heavy atom. The molecule has 1 aliphatic heterocycles. The van der Waals surface area contributed by atoms with E-state index in [1.807, 2.05) is 0 Å². The second-order valence-electron chi connectivity index (χ2n) is 4.14. The van der Waals surface area contributed by atoms with Crippen molar-refractivity contribution in [3.63, 3.8) is 0 Å². The summed E-state index contributed by atoms with van der Waals surface area (Å²) in [6, 6.07) is 6.20. The lowest BCUT2D eigenvalue weighted by Gasteiger charge is -2.32. The van der Waals surface area contributed by atoms with Crippen LogP contribution in [0.15, 0.2) is 24.3 Å². The van der Waals surface area contributed by atoms with Gasteiger partial charge in [-0.25, -0.2) is 9.40 Å². The van der Waals surface area contributed by atoms with E-state index >= 15 is 0 Å². The Labute approximate surface area is 104 Å². The molecule has 18 heavy (non-hydrogen) atoms. The molecule has 1 aromatic rings. The molecule has 1 saturated heterocycles. The van der Waals surface area contributed by atoms with Crippen molar-refractivity contribution in [3.05, 3.63) is 34.4 Å². The van der Waals surface area contributed by atoms with Gasteiger partial charge in [-0.15, -0.1) is 0 Å². The minimum absolute atomic E-state index is 0.0211. The molecule has 0 bridgehead atoms. The molecule has 0 radical (unpaired) electrons. The van der Waals surface area contributed by atoms with Crippen LogP contribution in [0.25, 0.3) is 0 Å². The van der Waals surface area contributed by atoms with Gasteiger partial charge in [-0.05, 0) is 6.07 Å². The summed E-state index contributed by atoms with van der Waals surface area (Å²) in [6.07, 6.45) is 0. The molecule has 98 valence electrons. The van der Waals surface area contributed by atoms with Gasteiger partial charge in [0, 0.05) is 25.7 Å². The van der Waals surface area contributed by atoms with Gasteiger partial charge in [0.25, 0.3) is 5.69 Å². The highest BCUT2D eigenvalue weighted by Gasteiger charge is 2.21. The molecule has 7 heteroatoms. The molecule has 1 atom stereocenters. The second-order valence-corrected chi connectivity index (χ2v) is 4.14. The summed E-state index contributed by atoms with van der Waals surface area (Å²) >= 11 is 0. The molecule has 0 aliphatic carbocycles. The molecule has 1 unspecified atom stereocenters. The lowest BCUT2D eigenvalue weighted by atomic mass is 10.2. The number of nitrogens with zero attached hydrogens (tertiary/aromatic N) is 2.